The third kappa shape index (κ3) is 6.04. The van der Waals surface area contributed by atoms with E-state index in [1.807, 2.05) is 18.2 Å². The highest BCUT2D eigenvalue weighted by atomic mass is 35.5. The molecule has 11 heteroatoms. The molecular formula is C26H24ClN3O5S2. The Morgan fingerprint density at radius 3 is 2.22 bits per heavy atom. The molecule has 0 saturated heterocycles. The van der Waals surface area contributed by atoms with Gasteiger partial charge < -0.3 is 5.32 Å². The van der Waals surface area contributed by atoms with Crippen LogP contribution in [-0.2, 0) is 24.8 Å². The molecule has 0 spiro atoms. The van der Waals surface area contributed by atoms with Crippen molar-refractivity contribution in [3.8, 4) is 0 Å². The molecule has 0 saturated carbocycles. The second-order valence-corrected chi connectivity index (χ2v) is 12.4. The quantitative estimate of drug-likeness (QED) is 0.316. The van der Waals surface area contributed by atoms with E-state index in [4.69, 9.17) is 11.6 Å². The van der Waals surface area contributed by atoms with Crippen LogP contribution in [0, 0.1) is 6.92 Å². The van der Waals surface area contributed by atoms with Crippen molar-refractivity contribution in [3.63, 3.8) is 0 Å². The predicted octanol–water partition coefficient (Wildman–Crippen LogP) is 5.01. The molecule has 0 unspecified atom stereocenters. The zero-order valence-corrected chi connectivity index (χ0v) is 22.4. The molecule has 37 heavy (non-hydrogen) atoms. The minimum absolute atomic E-state index is 0.0154. The van der Waals surface area contributed by atoms with Gasteiger partial charge in [-0.25, -0.2) is 16.8 Å². The minimum Gasteiger partial charge on any atom is -0.325 e. The number of hydrogen-bond donors (Lipinski definition) is 2. The van der Waals surface area contributed by atoms with Crippen LogP contribution in [-0.4, -0.2) is 35.5 Å². The van der Waals surface area contributed by atoms with Crippen molar-refractivity contribution in [1.29, 1.82) is 0 Å². The van der Waals surface area contributed by atoms with Crippen LogP contribution in [0.3, 0.4) is 0 Å². The second-order valence-electron chi connectivity index (χ2n) is 8.36. The van der Waals surface area contributed by atoms with Crippen LogP contribution >= 0.6 is 11.6 Å². The number of hydrogen-bond acceptors (Lipinski definition) is 5. The molecule has 192 valence electrons. The van der Waals surface area contributed by atoms with Crippen molar-refractivity contribution in [3.05, 3.63) is 95.5 Å². The topological polar surface area (TPSA) is 113 Å². The van der Waals surface area contributed by atoms with E-state index < -0.39 is 32.5 Å². The third-order valence-corrected chi connectivity index (χ3v) is 8.60. The molecule has 4 aromatic rings. The molecule has 8 nitrogen and oxygen atoms in total. The Morgan fingerprint density at radius 1 is 0.865 bits per heavy atom. The number of benzene rings is 4. The molecule has 0 heterocycles. The number of sulfonamides is 2. The minimum atomic E-state index is -3.90. The Labute approximate surface area is 221 Å². The van der Waals surface area contributed by atoms with E-state index in [1.165, 1.54) is 24.3 Å². The first-order valence-electron chi connectivity index (χ1n) is 11.1. The SMILES string of the molecule is Cc1c(Cl)cccc1NS(=O)(=O)c1ccc(NC(=O)CN(c2cccc3ccccc23)S(C)(=O)=O)cc1. The van der Waals surface area contributed by atoms with Crippen LogP contribution in [0.2, 0.25) is 5.02 Å². The molecule has 0 bridgehead atoms. The van der Waals surface area contributed by atoms with E-state index in [0.29, 0.717) is 33.0 Å². The van der Waals surface area contributed by atoms with Crippen LogP contribution in [0.25, 0.3) is 10.8 Å². The number of rotatable bonds is 8. The molecule has 2 N–H and O–H groups in total. The highest BCUT2D eigenvalue weighted by Crippen LogP contribution is 2.29. The molecule has 0 aliphatic rings. The molecular weight excluding hydrogens is 534 g/mol. The van der Waals surface area contributed by atoms with Gasteiger partial charge in [0.2, 0.25) is 15.9 Å². The highest BCUT2D eigenvalue weighted by Gasteiger charge is 2.23. The predicted molar refractivity (Wildman–Crippen MR) is 148 cm³/mol. The van der Waals surface area contributed by atoms with Gasteiger partial charge in [-0.3, -0.25) is 13.8 Å². The summed E-state index contributed by atoms with van der Waals surface area (Å²) in [5, 5.41) is 4.60. The van der Waals surface area contributed by atoms with Crippen LogP contribution in [0.1, 0.15) is 5.56 Å². The average molecular weight is 558 g/mol. The largest absolute Gasteiger partial charge is 0.325 e. The Morgan fingerprint density at radius 2 is 1.51 bits per heavy atom. The molecule has 1 amide bonds. The normalized spacial score (nSPS) is 11.8. The first-order chi connectivity index (χ1) is 17.5. The molecule has 0 atom stereocenters. The molecule has 4 rings (SSSR count). The van der Waals surface area contributed by atoms with E-state index in [0.717, 1.165) is 15.9 Å². The molecule has 0 fully saturated rings. The summed E-state index contributed by atoms with van der Waals surface area (Å²) in [4.78, 5) is 12.8. The van der Waals surface area contributed by atoms with Crippen LogP contribution < -0.4 is 14.3 Å². The van der Waals surface area contributed by atoms with Gasteiger partial charge in [-0.1, -0.05) is 54.1 Å². The summed E-state index contributed by atoms with van der Waals surface area (Å²) in [5.74, 6) is -0.582. The highest BCUT2D eigenvalue weighted by molar-refractivity contribution is 7.92. The Hall–Kier alpha value is -3.60. The average Bonchev–Trinajstić information content (AvgIpc) is 2.85. The molecule has 0 aliphatic heterocycles. The van der Waals surface area contributed by atoms with Crippen molar-refractivity contribution in [1.82, 2.24) is 0 Å². The van der Waals surface area contributed by atoms with Gasteiger partial charge in [0.15, 0.2) is 0 Å². The number of carbonyl (C=O) groups is 1. The number of amides is 1. The standard InChI is InChI=1S/C26H24ClN3O5S2/c1-18-23(27)10-6-11-24(18)29-37(34,35)21-15-13-20(14-16-21)28-26(31)17-30(36(2,32)33)25-12-5-8-19-7-3-4-9-22(19)25/h3-16,29H,17H2,1-2H3,(H,28,31). The van der Waals surface area contributed by atoms with E-state index in [2.05, 4.69) is 10.0 Å². The number of nitrogens with zero attached hydrogens (tertiary/aromatic N) is 1. The fraction of sp³-hybridized carbons (Fsp3) is 0.115. The fourth-order valence-electron chi connectivity index (χ4n) is 3.78. The maximum Gasteiger partial charge on any atom is 0.261 e. The van der Waals surface area contributed by atoms with E-state index >= 15 is 0 Å². The second kappa shape index (κ2) is 10.4. The summed E-state index contributed by atoms with van der Waals surface area (Å²) in [6.45, 7) is 1.25. The van der Waals surface area contributed by atoms with Crippen LogP contribution in [0.15, 0.2) is 89.8 Å². The van der Waals surface area contributed by atoms with E-state index in [9.17, 15) is 21.6 Å². The maximum absolute atomic E-state index is 12.8. The maximum atomic E-state index is 12.8. The molecule has 0 aliphatic carbocycles. The molecule has 0 aromatic heterocycles. The van der Waals surface area contributed by atoms with Gasteiger partial charge in [-0.05, 0) is 60.3 Å². The molecule has 0 radical (unpaired) electrons. The number of fused-ring (bicyclic) bond motifs is 1. The van der Waals surface area contributed by atoms with Crippen molar-refractivity contribution < 1.29 is 21.6 Å². The monoisotopic (exact) mass is 557 g/mol. The lowest BCUT2D eigenvalue weighted by Crippen LogP contribution is -2.37. The van der Waals surface area contributed by atoms with Crippen molar-refractivity contribution in [2.45, 2.75) is 11.8 Å². The lowest BCUT2D eigenvalue weighted by atomic mass is 10.1. The summed E-state index contributed by atoms with van der Waals surface area (Å²) in [5.41, 5.74) is 1.66. The Balaban J connectivity index is 1.51. The van der Waals surface area contributed by atoms with E-state index in [-0.39, 0.29) is 4.90 Å². The van der Waals surface area contributed by atoms with Gasteiger partial charge in [0.1, 0.15) is 6.54 Å². The molecule has 4 aromatic carbocycles. The summed E-state index contributed by atoms with van der Waals surface area (Å²) in [6, 6.07) is 23.0. The Bertz CT molecular complexity index is 1680. The third-order valence-electron chi connectivity index (χ3n) is 5.68. The first-order valence-corrected chi connectivity index (χ1v) is 14.8. The number of carbonyl (C=O) groups excluding carboxylic acids is 1. The summed E-state index contributed by atoms with van der Waals surface area (Å²) in [6.07, 6.45) is 1.04. The zero-order valence-electron chi connectivity index (χ0n) is 20.0. The van der Waals surface area contributed by atoms with Crippen molar-refractivity contribution in [2.24, 2.45) is 0 Å². The van der Waals surface area contributed by atoms with Gasteiger partial charge in [-0.2, -0.15) is 0 Å². The van der Waals surface area contributed by atoms with Gasteiger partial charge >= 0.3 is 0 Å². The van der Waals surface area contributed by atoms with Crippen LogP contribution in [0.5, 0.6) is 0 Å². The smallest absolute Gasteiger partial charge is 0.261 e. The lowest BCUT2D eigenvalue weighted by molar-refractivity contribution is -0.114. The Kier molecular flexibility index (Phi) is 7.44. The van der Waals surface area contributed by atoms with Gasteiger partial charge in [0.05, 0.1) is 22.5 Å². The first kappa shape index (κ1) is 26.5. The van der Waals surface area contributed by atoms with Gasteiger partial charge in [0.25, 0.3) is 10.0 Å². The fourth-order valence-corrected chi connectivity index (χ4v) is 5.94. The summed E-state index contributed by atoms with van der Waals surface area (Å²) >= 11 is 6.07. The van der Waals surface area contributed by atoms with Crippen molar-refractivity contribution >= 4 is 65.4 Å². The number of halogens is 1. The van der Waals surface area contributed by atoms with Crippen LogP contribution in [0.4, 0.5) is 17.1 Å². The summed E-state index contributed by atoms with van der Waals surface area (Å²) in [7, 11) is -7.69. The lowest BCUT2D eigenvalue weighted by Gasteiger charge is -2.23. The number of nitrogens with one attached hydrogen (secondary N) is 2. The van der Waals surface area contributed by atoms with E-state index in [1.54, 1.807) is 49.4 Å². The van der Waals surface area contributed by atoms with Crippen molar-refractivity contribution in [2.75, 3.05) is 27.1 Å². The number of anilines is 3. The van der Waals surface area contributed by atoms with Gasteiger partial charge in [-0.15, -0.1) is 0 Å². The van der Waals surface area contributed by atoms with Gasteiger partial charge in [0, 0.05) is 16.1 Å². The summed E-state index contributed by atoms with van der Waals surface area (Å²) < 4.78 is 54.3. The zero-order chi connectivity index (χ0) is 26.8.